The zero-order valence-electron chi connectivity index (χ0n) is 16.4. The summed E-state index contributed by atoms with van der Waals surface area (Å²) in [5.41, 5.74) is 1.94. The van der Waals surface area contributed by atoms with Gasteiger partial charge in [-0.3, -0.25) is 4.79 Å². The van der Waals surface area contributed by atoms with Gasteiger partial charge in [0.25, 0.3) is 0 Å². The molecule has 0 radical (unpaired) electrons. The summed E-state index contributed by atoms with van der Waals surface area (Å²) in [5, 5.41) is 5.57. The average Bonchev–Trinajstić information content (AvgIpc) is 3.47. The summed E-state index contributed by atoms with van der Waals surface area (Å²) < 4.78 is 2.10. The zero-order chi connectivity index (χ0) is 20.8. The van der Waals surface area contributed by atoms with Crippen molar-refractivity contribution in [1.29, 1.82) is 0 Å². The van der Waals surface area contributed by atoms with Gasteiger partial charge in [0.05, 0.1) is 10.0 Å². The SMILES string of the molecule is Cn1ccc2cc(Sc3ccc(/C=C/C(=O)N4CC5CC4CN5)c(Cl)c3Cl)ccc21. The first-order valence-electron chi connectivity index (χ1n) is 9.92. The van der Waals surface area contributed by atoms with Crippen LogP contribution in [0.5, 0.6) is 0 Å². The van der Waals surface area contributed by atoms with E-state index < -0.39 is 0 Å². The van der Waals surface area contributed by atoms with Gasteiger partial charge in [-0.05, 0) is 48.4 Å². The molecule has 2 aliphatic heterocycles. The largest absolute Gasteiger partial charge is 0.351 e. The molecule has 2 atom stereocenters. The number of benzene rings is 2. The van der Waals surface area contributed by atoms with Crippen molar-refractivity contribution in [2.45, 2.75) is 28.3 Å². The Morgan fingerprint density at radius 1 is 1.20 bits per heavy atom. The minimum Gasteiger partial charge on any atom is -0.351 e. The summed E-state index contributed by atoms with van der Waals surface area (Å²) in [6.45, 7) is 1.67. The summed E-state index contributed by atoms with van der Waals surface area (Å²) in [5.74, 6) is 0.0332. The smallest absolute Gasteiger partial charge is 0.246 e. The van der Waals surface area contributed by atoms with Gasteiger partial charge in [0.1, 0.15) is 0 Å². The van der Waals surface area contributed by atoms with E-state index in [-0.39, 0.29) is 5.91 Å². The molecule has 154 valence electrons. The number of fused-ring (bicyclic) bond motifs is 3. The van der Waals surface area contributed by atoms with Crippen LogP contribution in [-0.4, -0.2) is 40.5 Å². The quantitative estimate of drug-likeness (QED) is 0.545. The van der Waals surface area contributed by atoms with Crippen LogP contribution in [0.1, 0.15) is 12.0 Å². The molecule has 7 heteroatoms. The van der Waals surface area contributed by atoms with Crippen LogP contribution in [0, 0.1) is 0 Å². The van der Waals surface area contributed by atoms with E-state index in [2.05, 4.69) is 40.3 Å². The van der Waals surface area contributed by atoms with Crippen molar-refractivity contribution < 1.29 is 4.79 Å². The fourth-order valence-corrected chi connectivity index (χ4v) is 5.77. The second-order valence-corrected chi connectivity index (χ2v) is 9.72. The molecule has 1 aromatic heterocycles. The number of hydrogen-bond acceptors (Lipinski definition) is 3. The van der Waals surface area contributed by atoms with Crippen LogP contribution in [0.4, 0.5) is 0 Å². The molecule has 1 amide bonds. The first-order valence-corrected chi connectivity index (χ1v) is 11.5. The Bertz CT molecular complexity index is 1170. The van der Waals surface area contributed by atoms with Crippen LogP contribution < -0.4 is 5.32 Å². The molecule has 2 aliphatic rings. The molecule has 2 bridgehead atoms. The van der Waals surface area contributed by atoms with Crippen molar-refractivity contribution >= 4 is 57.8 Å². The highest BCUT2D eigenvalue weighted by molar-refractivity contribution is 7.99. The summed E-state index contributed by atoms with van der Waals surface area (Å²) in [4.78, 5) is 16.5. The topological polar surface area (TPSA) is 37.3 Å². The van der Waals surface area contributed by atoms with E-state index >= 15 is 0 Å². The lowest BCUT2D eigenvalue weighted by Gasteiger charge is -2.26. The number of piperazine rings is 1. The van der Waals surface area contributed by atoms with Gasteiger partial charge in [-0.2, -0.15) is 0 Å². The van der Waals surface area contributed by atoms with E-state index in [1.165, 1.54) is 10.9 Å². The van der Waals surface area contributed by atoms with E-state index in [4.69, 9.17) is 23.2 Å². The molecule has 2 fully saturated rings. The van der Waals surface area contributed by atoms with Gasteiger partial charge in [-0.1, -0.05) is 41.0 Å². The summed E-state index contributed by atoms with van der Waals surface area (Å²) in [6, 6.07) is 13.1. The normalized spacial score (nSPS) is 20.7. The lowest BCUT2D eigenvalue weighted by Crippen LogP contribution is -2.45. The Labute approximate surface area is 189 Å². The number of aryl methyl sites for hydroxylation is 1. The number of aromatic nitrogens is 1. The van der Waals surface area contributed by atoms with Gasteiger partial charge in [-0.25, -0.2) is 0 Å². The van der Waals surface area contributed by atoms with E-state index in [0.29, 0.717) is 22.1 Å². The van der Waals surface area contributed by atoms with Crippen LogP contribution in [0.3, 0.4) is 0 Å². The molecule has 2 aromatic carbocycles. The zero-order valence-corrected chi connectivity index (χ0v) is 18.8. The first kappa shape index (κ1) is 20.0. The van der Waals surface area contributed by atoms with Crippen LogP contribution in [0.15, 0.2) is 58.5 Å². The van der Waals surface area contributed by atoms with Crippen molar-refractivity contribution in [2.75, 3.05) is 13.1 Å². The molecule has 4 nitrogen and oxygen atoms in total. The second-order valence-electron chi connectivity index (χ2n) is 7.85. The molecule has 2 unspecified atom stereocenters. The van der Waals surface area contributed by atoms with Gasteiger partial charge >= 0.3 is 0 Å². The Balaban J connectivity index is 1.33. The second kappa shape index (κ2) is 7.97. The standard InChI is InChI=1S/C23H21Cl2N3OS/c1-27-9-8-15-10-18(4-5-19(15)27)30-20-6-2-14(22(24)23(20)25)3-7-21(29)28-13-16-11-17(28)12-26-16/h2-10,16-17,26H,11-13H2,1H3/b7-3+. The van der Waals surface area contributed by atoms with Crippen LogP contribution in [-0.2, 0) is 11.8 Å². The minimum atomic E-state index is 0.0332. The lowest BCUT2D eigenvalue weighted by atomic mass is 10.2. The maximum atomic E-state index is 12.6. The number of nitrogens with zero attached hydrogens (tertiary/aromatic N) is 2. The maximum absolute atomic E-state index is 12.6. The minimum absolute atomic E-state index is 0.0332. The van der Waals surface area contributed by atoms with Crippen molar-refractivity contribution in [3.05, 3.63) is 64.3 Å². The predicted molar refractivity (Wildman–Crippen MR) is 124 cm³/mol. The molecule has 30 heavy (non-hydrogen) atoms. The molecule has 0 spiro atoms. The highest BCUT2D eigenvalue weighted by Crippen LogP contribution is 2.40. The van der Waals surface area contributed by atoms with Gasteiger partial charge in [0, 0.05) is 65.2 Å². The first-order chi connectivity index (χ1) is 14.5. The fraction of sp³-hybridized carbons (Fsp3) is 0.261. The van der Waals surface area contributed by atoms with E-state index in [1.807, 2.05) is 24.1 Å². The number of halogens is 2. The highest BCUT2D eigenvalue weighted by Gasteiger charge is 2.39. The number of hydrogen-bond donors (Lipinski definition) is 1. The molecule has 3 heterocycles. The van der Waals surface area contributed by atoms with E-state index in [1.54, 1.807) is 23.9 Å². The molecule has 2 saturated heterocycles. The van der Waals surface area contributed by atoms with Crippen LogP contribution in [0.2, 0.25) is 10.0 Å². The molecule has 0 saturated carbocycles. The molecule has 5 rings (SSSR count). The predicted octanol–water partition coefficient (Wildman–Crippen LogP) is 5.22. The third-order valence-corrected chi connectivity index (χ3v) is 7.96. The number of amides is 1. The van der Waals surface area contributed by atoms with Crippen molar-refractivity contribution in [1.82, 2.24) is 14.8 Å². The van der Waals surface area contributed by atoms with Crippen LogP contribution >= 0.6 is 35.0 Å². The van der Waals surface area contributed by atoms with E-state index in [0.717, 1.165) is 34.9 Å². The maximum Gasteiger partial charge on any atom is 0.246 e. The summed E-state index contributed by atoms with van der Waals surface area (Å²) >= 11 is 14.7. The van der Waals surface area contributed by atoms with Gasteiger partial charge in [0.2, 0.25) is 5.91 Å². The lowest BCUT2D eigenvalue weighted by molar-refractivity contribution is -0.127. The Kier molecular flexibility index (Phi) is 5.31. The molecular weight excluding hydrogens is 437 g/mol. The fourth-order valence-electron chi connectivity index (χ4n) is 4.29. The van der Waals surface area contributed by atoms with Gasteiger partial charge in [-0.15, -0.1) is 0 Å². The number of likely N-dealkylation sites (tertiary alicyclic amines) is 1. The molecule has 1 N–H and O–H groups in total. The van der Waals surface area contributed by atoms with Gasteiger partial charge in [0.15, 0.2) is 0 Å². The van der Waals surface area contributed by atoms with Crippen molar-refractivity contribution in [3.63, 3.8) is 0 Å². The third-order valence-electron chi connectivity index (χ3n) is 5.91. The molecular formula is C23H21Cl2N3OS. The average molecular weight is 458 g/mol. The number of carbonyl (C=O) groups excluding carboxylic acids is 1. The number of nitrogens with one attached hydrogen (secondary N) is 1. The monoisotopic (exact) mass is 457 g/mol. The van der Waals surface area contributed by atoms with E-state index in [9.17, 15) is 4.79 Å². The molecule has 0 aliphatic carbocycles. The third kappa shape index (κ3) is 3.65. The number of carbonyl (C=O) groups is 1. The Hall–Kier alpha value is -1.92. The summed E-state index contributed by atoms with van der Waals surface area (Å²) in [7, 11) is 2.04. The Morgan fingerprint density at radius 2 is 2.07 bits per heavy atom. The summed E-state index contributed by atoms with van der Waals surface area (Å²) in [6.07, 6.45) is 6.47. The number of rotatable bonds is 4. The van der Waals surface area contributed by atoms with Crippen molar-refractivity contribution in [2.24, 2.45) is 7.05 Å². The van der Waals surface area contributed by atoms with Crippen molar-refractivity contribution in [3.8, 4) is 0 Å². The highest BCUT2D eigenvalue weighted by atomic mass is 35.5. The van der Waals surface area contributed by atoms with Crippen LogP contribution in [0.25, 0.3) is 17.0 Å². The van der Waals surface area contributed by atoms with Gasteiger partial charge < -0.3 is 14.8 Å². The Morgan fingerprint density at radius 3 is 2.83 bits per heavy atom. The molecule has 3 aromatic rings.